The fourth-order valence-electron chi connectivity index (χ4n) is 3.16. The Labute approximate surface area is 155 Å². The summed E-state index contributed by atoms with van der Waals surface area (Å²) in [5, 5.41) is 11.4. The number of carbonyl (C=O) groups is 1. The predicted octanol–water partition coefficient (Wildman–Crippen LogP) is 2.50. The van der Waals surface area contributed by atoms with Crippen LogP contribution in [0.15, 0.2) is 49.1 Å². The normalized spacial score (nSPS) is 11.0. The first-order chi connectivity index (χ1) is 13.1. The van der Waals surface area contributed by atoms with Gasteiger partial charge in [-0.15, -0.1) is 0 Å². The molecule has 0 aliphatic rings. The number of anilines is 1. The maximum atomic E-state index is 12.5. The smallest absolute Gasteiger partial charge is 0.252 e. The standard InChI is InChI=1S/C19H19N7O/c1-13-15(14(2)26-19(23-13)20-12-22-26)8-9-18(27)24-16-6-3-4-7-17(16)25-11-5-10-21-25/h3-7,10-12H,8-9H2,1-2H3,(H,24,27). The first kappa shape index (κ1) is 16.9. The number of fused-ring (bicyclic) bond motifs is 1. The molecule has 1 aromatic carbocycles. The van der Waals surface area contributed by atoms with E-state index >= 15 is 0 Å². The van der Waals surface area contributed by atoms with Crippen LogP contribution in [0.1, 0.15) is 23.4 Å². The molecule has 0 unspecified atom stereocenters. The third kappa shape index (κ3) is 3.29. The SMILES string of the molecule is Cc1nc2ncnn2c(C)c1CCC(=O)Nc1ccccc1-n1cccn1. The number of hydrogen-bond acceptors (Lipinski definition) is 5. The molecule has 8 heteroatoms. The first-order valence-electron chi connectivity index (χ1n) is 8.68. The molecule has 0 radical (unpaired) electrons. The Balaban J connectivity index is 1.50. The van der Waals surface area contributed by atoms with E-state index in [0.29, 0.717) is 18.6 Å². The van der Waals surface area contributed by atoms with Gasteiger partial charge in [-0.3, -0.25) is 4.79 Å². The van der Waals surface area contributed by atoms with Crippen LogP contribution < -0.4 is 5.32 Å². The summed E-state index contributed by atoms with van der Waals surface area (Å²) in [6.45, 7) is 3.90. The molecule has 1 N–H and O–H groups in total. The molecule has 0 saturated carbocycles. The van der Waals surface area contributed by atoms with Gasteiger partial charge in [-0.2, -0.15) is 15.2 Å². The molecular formula is C19H19N7O. The number of nitrogens with one attached hydrogen (secondary N) is 1. The Hall–Kier alpha value is -3.55. The molecule has 4 aromatic rings. The average Bonchev–Trinajstić information content (AvgIpc) is 3.33. The molecule has 0 aliphatic heterocycles. The Morgan fingerprint density at radius 2 is 2.00 bits per heavy atom. The number of para-hydroxylation sites is 2. The lowest BCUT2D eigenvalue weighted by atomic mass is 10.1. The molecule has 1 amide bonds. The van der Waals surface area contributed by atoms with Gasteiger partial charge in [0, 0.05) is 30.2 Å². The van der Waals surface area contributed by atoms with Gasteiger partial charge >= 0.3 is 0 Å². The van der Waals surface area contributed by atoms with Crippen LogP contribution in [0.3, 0.4) is 0 Å². The van der Waals surface area contributed by atoms with Gasteiger partial charge in [0.25, 0.3) is 5.78 Å². The van der Waals surface area contributed by atoms with Crippen LogP contribution in [0.25, 0.3) is 11.5 Å². The zero-order valence-electron chi connectivity index (χ0n) is 15.1. The molecule has 136 valence electrons. The van der Waals surface area contributed by atoms with Crippen LogP contribution in [-0.2, 0) is 11.2 Å². The van der Waals surface area contributed by atoms with Gasteiger partial charge in [0.1, 0.15) is 6.33 Å². The van der Waals surface area contributed by atoms with Crippen molar-refractivity contribution in [3.8, 4) is 5.69 Å². The molecule has 3 aromatic heterocycles. The Kier molecular flexibility index (Phi) is 4.37. The van der Waals surface area contributed by atoms with Crippen molar-refractivity contribution in [3.63, 3.8) is 0 Å². The molecule has 0 spiro atoms. The van der Waals surface area contributed by atoms with Crippen LogP contribution in [0.2, 0.25) is 0 Å². The van der Waals surface area contributed by atoms with Gasteiger partial charge < -0.3 is 5.32 Å². The molecule has 4 rings (SSSR count). The molecule has 0 atom stereocenters. The van der Waals surface area contributed by atoms with Crippen LogP contribution in [0.4, 0.5) is 5.69 Å². The quantitative estimate of drug-likeness (QED) is 0.590. The number of benzene rings is 1. The summed E-state index contributed by atoms with van der Waals surface area (Å²) >= 11 is 0. The molecule has 8 nitrogen and oxygen atoms in total. The fraction of sp³-hybridized carbons (Fsp3) is 0.211. The van der Waals surface area contributed by atoms with Crippen LogP contribution in [0.5, 0.6) is 0 Å². The monoisotopic (exact) mass is 361 g/mol. The second-order valence-electron chi connectivity index (χ2n) is 6.25. The van der Waals surface area contributed by atoms with E-state index in [4.69, 9.17) is 0 Å². The van der Waals surface area contributed by atoms with Gasteiger partial charge in [-0.1, -0.05) is 12.1 Å². The van der Waals surface area contributed by atoms with Crippen LogP contribution >= 0.6 is 0 Å². The van der Waals surface area contributed by atoms with Gasteiger partial charge in [0.15, 0.2) is 0 Å². The average molecular weight is 361 g/mol. The zero-order chi connectivity index (χ0) is 18.8. The van der Waals surface area contributed by atoms with Gasteiger partial charge in [0.2, 0.25) is 5.91 Å². The summed E-state index contributed by atoms with van der Waals surface area (Å²) in [6.07, 6.45) is 5.96. The van der Waals surface area contributed by atoms with Crippen molar-refractivity contribution in [3.05, 3.63) is 66.0 Å². The van der Waals surface area contributed by atoms with E-state index in [2.05, 4.69) is 25.5 Å². The van der Waals surface area contributed by atoms with E-state index in [9.17, 15) is 4.79 Å². The highest BCUT2D eigenvalue weighted by atomic mass is 16.1. The lowest BCUT2D eigenvalue weighted by Gasteiger charge is -2.12. The molecule has 0 fully saturated rings. The third-order valence-corrected chi connectivity index (χ3v) is 4.52. The lowest BCUT2D eigenvalue weighted by molar-refractivity contribution is -0.116. The largest absolute Gasteiger partial charge is 0.324 e. The maximum absolute atomic E-state index is 12.5. The maximum Gasteiger partial charge on any atom is 0.252 e. The van der Waals surface area contributed by atoms with Crippen molar-refractivity contribution in [1.82, 2.24) is 29.4 Å². The molecular weight excluding hydrogens is 342 g/mol. The van der Waals surface area contributed by atoms with E-state index in [0.717, 1.165) is 28.3 Å². The summed E-state index contributed by atoms with van der Waals surface area (Å²) in [6, 6.07) is 9.43. The second kappa shape index (κ2) is 6.99. The van der Waals surface area contributed by atoms with Crippen molar-refractivity contribution in [1.29, 1.82) is 0 Å². The van der Waals surface area contributed by atoms with Crippen molar-refractivity contribution in [2.24, 2.45) is 0 Å². The number of rotatable bonds is 5. The minimum Gasteiger partial charge on any atom is -0.324 e. The predicted molar refractivity (Wildman–Crippen MR) is 101 cm³/mol. The molecule has 0 aliphatic carbocycles. The lowest BCUT2D eigenvalue weighted by Crippen LogP contribution is -2.15. The fourth-order valence-corrected chi connectivity index (χ4v) is 3.16. The minimum atomic E-state index is -0.0629. The van der Waals surface area contributed by atoms with Crippen LogP contribution in [-0.4, -0.2) is 35.3 Å². The van der Waals surface area contributed by atoms with Gasteiger partial charge in [-0.05, 0) is 44.0 Å². The summed E-state index contributed by atoms with van der Waals surface area (Å²) in [7, 11) is 0. The van der Waals surface area contributed by atoms with E-state index in [1.165, 1.54) is 6.33 Å². The highest BCUT2D eigenvalue weighted by Crippen LogP contribution is 2.20. The molecule has 3 heterocycles. The topological polar surface area (TPSA) is 90.0 Å². The molecule has 27 heavy (non-hydrogen) atoms. The summed E-state index contributed by atoms with van der Waals surface area (Å²) in [5.41, 5.74) is 4.40. The number of hydrogen-bond donors (Lipinski definition) is 1. The Bertz CT molecular complexity index is 1100. The summed E-state index contributed by atoms with van der Waals surface area (Å²) in [5.74, 6) is 0.512. The third-order valence-electron chi connectivity index (χ3n) is 4.52. The molecule has 0 saturated heterocycles. The van der Waals surface area contributed by atoms with E-state index in [1.54, 1.807) is 15.4 Å². The zero-order valence-corrected chi connectivity index (χ0v) is 15.1. The number of aryl methyl sites for hydroxylation is 2. The Morgan fingerprint density at radius 3 is 2.81 bits per heavy atom. The van der Waals surface area contributed by atoms with Crippen molar-refractivity contribution >= 4 is 17.4 Å². The minimum absolute atomic E-state index is 0.0629. The Morgan fingerprint density at radius 1 is 1.15 bits per heavy atom. The first-order valence-corrected chi connectivity index (χ1v) is 8.68. The van der Waals surface area contributed by atoms with E-state index < -0.39 is 0 Å². The highest BCUT2D eigenvalue weighted by Gasteiger charge is 2.13. The van der Waals surface area contributed by atoms with Crippen molar-refractivity contribution < 1.29 is 4.79 Å². The summed E-state index contributed by atoms with van der Waals surface area (Å²) < 4.78 is 3.43. The van der Waals surface area contributed by atoms with Crippen molar-refractivity contribution in [2.45, 2.75) is 26.7 Å². The van der Waals surface area contributed by atoms with Crippen molar-refractivity contribution in [2.75, 3.05) is 5.32 Å². The second-order valence-corrected chi connectivity index (χ2v) is 6.25. The van der Waals surface area contributed by atoms with E-state index in [1.807, 2.05) is 50.4 Å². The number of aromatic nitrogens is 6. The van der Waals surface area contributed by atoms with Crippen LogP contribution in [0, 0.1) is 13.8 Å². The highest BCUT2D eigenvalue weighted by molar-refractivity contribution is 5.92. The number of amides is 1. The van der Waals surface area contributed by atoms with Gasteiger partial charge in [0.05, 0.1) is 11.4 Å². The molecule has 0 bridgehead atoms. The van der Waals surface area contributed by atoms with Gasteiger partial charge in [-0.25, -0.2) is 14.2 Å². The summed E-state index contributed by atoms with van der Waals surface area (Å²) in [4.78, 5) is 21.1. The number of nitrogens with zero attached hydrogens (tertiary/aromatic N) is 6. The van der Waals surface area contributed by atoms with E-state index in [-0.39, 0.29) is 5.91 Å². The number of carbonyl (C=O) groups excluding carboxylic acids is 1.